The van der Waals surface area contributed by atoms with E-state index >= 15 is 0 Å². The van der Waals surface area contributed by atoms with Crippen LogP contribution in [-0.2, 0) is 46.5 Å². The average Bonchev–Trinajstić information content (AvgIpc) is 4.04. The van der Waals surface area contributed by atoms with Crippen LogP contribution in [-0.4, -0.2) is 82.6 Å². The van der Waals surface area contributed by atoms with E-state index in [0.29, 0.717) is 37.9 Å². The Morgan fingerprint density at radius 3 is 1.32 bits per heavy atom. The zero-order valence-electron chi connectivity index (χ0n) is 38.9. The molecule has 1 rings (SSSR count). The van der Waals surface area contributed by atoms with Crippen LogP contribution in [0.25, 0.3) is 0 Å². The molecule has 1 aliphatic rings. The predicted molar refractivity (Wildman–Crippen MR) is 261 cm³/mol. The van der Waals surface area contributed by atoms with E-state index in [1.165, 1.54) is 0 Å². The largest absolute Gasteiger partial charge is 0.472 e. The van der Waals surface area contributed by atoms with Gasteiger partial charge in [-0.25, -0.2) is 9.13 Å². The van der Waals surface area contributed by atoms with Crippen molar-refractivity contribution in [3.05, 3.63) is 134 Å². The molecular weight excluding hydrogens is 886 g/mol. The van der Waals surface area contributed by atoms with Gasteiger partial charge in [-0.05, 0) is 89.9 Å². The molecule has 0 bridgehead atoms. The quantitative estimate of drug-likeness (QED) is 0.0195. The standard InChI is InChI=1S/C50H76O14P2/c1-3-5-7-8-9-10-11-12-13-14-15-16-17-18-23-26-29-32-36-40-50(53)63-46(44-62-66(57,58)61-42-45(51)41-60-65(54,55)56)43-59-49(52)39-35-31-28-25-22-20-19-21-24-27-30-34-38-48-47(64-48)37-33-6-4-2/h5-7,9-10,12-13,15-16,18,20-24,28-34,45-48,51H,3-4,8,11,14,17,19,25-27,35-44H2,1-2H3,(H,57,58)(H2,54,55,56)/b7-5-,10-9-,13-12-,16-15-,22-20-,23-18-,24-21-,31-28-,32-29-,33-6-,34-30-/t45-,46+,47?,48?/m0/s1. The molecule has 1 aliphatic heterocycles. The Hall–Kier alpha value is -3.78. The van der Waals surface area contributed by atoms with Gasteiger partial charge in [0.15, 0.2) is 6.10 Å². The average molecular weight is 963 g/mol. The zero-order valence-corrected chi connectivity index (χ0v) is 40.7. The van der Waals surface area contributed by atoms with E-state index in [4.69, 9.17) is 28.5 Å². The van der Waals surface area contributed by atoms with Crippen LogP contribution in [0.3, 0.4) is 0 Å². The molecule has 1 saturated heterocycles. The third-order valence-corrected chi connectivity index (χ3v) is 10.4. The first kappa shape index (κ1) is 60.2. The molecule has 0 amide bonds. The molecule has 0 saturated carbocycles. The molecule has 0 aromatic rings. The van der Waals surface area contributed by atoms with Gasteiger partial charge in [-0.2, -0.15) is 0 Å². The molecule has 0 aliphatic carbocycles. The highest BCUT2D eigenvalue weighted by molar-refractivity contribution is 7.47. The van der Waals surface area contributed by atoms with Crippen molar-refractivity contribution in [3.8, 4) is 0 Å². The lowest BCUT2D eigenvalue weighted by Gasteiger charge is -2.20. The fraction of sp³-hybridized carbons (Fsp3) is 0.520. The molecule has 370 valence electrons. The third-order valence-electron chi connectivity index (χ3n) is 8.95. The van der Waals surface area contributed by atoms with Crippen molar-refractivity contribution in [1.82, 2.24) is 0 Å². The number of hydrogen-bond donors (Lipinski definition) is 4. The van der Waals surface area contributed by atoms with Crippen molar-refractivity contribution in [2.24, 2.45) is 0 Å². The van der Waals surface area contributed by atoms with Crippen LogP contribution in [0, 0.1) is 0 Å². The summed E-state index contributed by atoms with van der Waals surface area (Å²) in [7, 11) is -9.75. The summed E-state index contributed by atoms with van der Waals surface area (Å²) in [6.07, 6.45) is 55.1. The molecule has 1 fully saturated rings. The molecule has 14 nitrogen and oxygen atoms in total. The van der Waals surface area contributed by atoms with Crippen molar-refractivity contribution in [2.75, 3.05) is 26.4 Å². The number of esters is 2. The maximum atomic E-state index is 12.7. The smallest absolute Gasteiger partial charge is 0.462 e. The summed E-state index contributed by atoms with van der Waals surface area (Å²) in [5.41, 5.74) is 0. The SMILES string of the molecule is CC/C=C\C/C=C\C/C=C\C/C=C\C/C=C\C/C=C\CCC(=O)O[C@H](COC(=O)CC/C=C\C/C=C\C/C=C\C/C=C\CC1OC1C/C=C\CC)COP(=O)(O)OC[C@@H](O)COP(=O)(O)O. The molecule has 0 aromatic heterocycles. The van der Waals surface area contributed by atoms with E-state index in [0.717, 1.165) is 64.2 Å². The third kappa shape index (κ3) is 40.5. The van der Waals surface area contributed by atoms with Gasteiger partial charge in [-0.15, -0.1) is 0 Å². The molecular formula is C50H76O14P2. The summed E-state index contributed by atoms with van der Waals surface area (Å²) in [6, 6.07) is 0. The minimum absolute atomic E-state index is 0.0206. The fourth-order valence-corrected chi connectivity index (χ4v) is 6.60. The van der Waals surface area contributed by atoms with Gasteiger partial charge in [-0.1, -0.05) is 148 Å². The van der Waals surface area contributed by atoms with Crippen LogP contribution in [0.2, 0.25) is 0 Å². The summed E-state index contributed by atoms with van der Waals surface area (Å²) in [4.78, 5) is 52.7. The van der Waals surface area contributed by atoms with Crippen molar-refractivity contribution < 1.29 is 66.3 Å². The Morgan fingerprint density at radius 2 is 0.864 bits per heavy atom. The first-order chi connectivity index (χ1) is 31.8. The molecule has 4 N–H and O–H groups in total. The summed E-state index contributed by atoms with van der Waals surface area (Å²) >= 11 is 0. The Kier molecular flexibility index (Phi) is 36.8. The van der Waals surface area contributed by atoms with Gasteiger partial charge in [0.25, 0.3) is 0 Å². The van der Waals surface area contributed by atoms with Gasteiger partial charge in [-0.3, -0.25) is 23.2 Å². The molecule has 0 radical (unpaired) electrons. The number of phosphoric acid groups is 2. The van der Waals surface area contributed by atoms with Gasteiger partial charge >= 0.3 is 27.6 Å². The molecule has 1 heterocycles. The van der Waals surface area contributed by atoms with Gasteiger partial charge in [0.05, 0.1) is 32.0 Å². The Balaban J connectivity index is 2.45. The van der Waals surface area contributed by atoms with E-state index in [1.807, 2.05) is 36.5 Å². The van der Waals surface area contributed by atoms with Crippen LogP contribution in [0.15, 0.2) is 134 Å². The van der Waals surface area contributed by atoms with E-state index in [2.05, 4.69) is 120 Å². The summed E-state index contributed by atoms with van der Waals surface area (Å²) in [5.74, 6) is -1.25. The predicted octanol–water partition coefficient (Wildman–Crippen LogP) is 11.2. The highest BCUT2D eigenvalue weighted by Crippen LogP contribution is 2.44. The highest BCUT2D eigenvalue weighted by Gasteiger charge is 2.36. The van der Waals surface area contributed by atoms with Crippen LogP contribution in [0.5, 0.6) is 0 Å². The van der Waals surface area contributed by atoms with Gasteiger partial charge in [0, 0.05) is 12.8 Å². The lowest BCUT2D eigenvalue weighted by atomic mass is 10.1. The number of carbonyl (C=O) groups excluding carboxylic acids is 2. The highest BCUT2D eigenvalue weighted by atomic mass is 31.2. The van der Waals surface area contributed by atoms with Crippen LogP contribution < -0.4 is 0 Å². The van der Waals surface area contributed by atoms with Gasteiger partial charge < -0.3 is 34.0 Å². The number of hydrogen-bond acceptors (Lipinski definition) is 11. The van der Waals surface area contributed by atoms with Gasteiger partial charge in [0.1, 0.15) is 12.7 Å². The number of aliphatic hydroxyl groups excluding tert-OH is 1. The molecule has 0 spiro atoms. The van der Waals surface area contributed by atoms with Crippen LogP contribution in [0.1, 0.15) is 117 Å². The van der Waals surface area contributed by atoms with E-state index in [9.17, 15) is 28.7 Å². The number of carbonyl (C=O) groups is 2. The second kappa shape index (κ2) is 40.3. The molecule has 16 heteroatoms. The normalized spacial score (nSPS) is 18.2. The van der Waals surface area contributed by atoms with Crippen molar-refractivity contribution >= 4 is 27.6 Å². The molecule has 0 aromatic carbocycles. The molecule has 66 heavy (non-hydrogen) atoms. The second-order valence-corrected chi connectivity index (χ2v) is 17.6. The number of phosphoric ester groups is 2. The fourth-order valence-electron chi connectivity index (χ4n) is 5.44. The van der Waals surface area contributed by atoms with E-state index in [-0.39, 0.29) is 12.8 Å². The molecule has 3 unspecified atom stereocenters. The van der Waals surface area contributed by atoms with Crippen molar-refractivity contribution in [2.45, 2.75) is 141 Å². The Labute approximate surface area is 393 Å². The Bertz CT molecular complexity index is 1730. The number of ether oxygens (including phenoxy) is 3. The summed E-state index contributed by atoms with van der Waals surface area (Å²) < 4.78 is 53.3. The van der Waals surface area contributed by atoms with Gasteiger partial charge in [0.2, 0.25) is 0 Å². The lowest BCUT2D eigenvalue weighted by molar-refractivity contribution is -0.161. The maximum Gasteiger partial charge on any atom is 0.472 e. The summed E-state index contributed by atoms with van der Waals surface area (Å²) in [6.45, 7) is 1.33. The van der Waals surface area contributed by atoms with Crippen LogP contribution in [0.4, 0.5) is 0 Å². The van der Waals surface area contributed by atoms with Crippen LogP contribution >= 0.6 is 15.6 Å². The number of rotatable bonds is 40. The number of epoxide rings is 1. The first-order valence-electron chi connectivity index (χ1n) is 23.0. The Morgan fingerprint density at radius 1 is 0.500 bits per heavy atom. The topological polar surface area (TPSA) is 208 Å². The second-order valence-electron chi connectivity index (χ2n) is 14.9. The van der Waals surface area contributed by atoms with E-state index < -0.39 is 66.2 Å². The number of allylic oxidation sites excluding steroid dienone is 20. The minimum Gasteiger partial charge on any atom is -0.462 e. The molecule has 5 atom stereocenters. The van der Waals surface area contributed by atoms with E-state index in [1.54, 1.807) is 0 Å². The zero-order chi connectivity index (χ0) is 48.4. The lowest BCUT2D eigenvalue weighted by Crippen LogP contribution is -2.29. The van der Waals surface area contributed by atoms with Crippen molar-refractivity contribution in [3.63, 3.8) is 0 Å². The maximum absolute atomic E-state index is 12.7. The first-order valence-corrected chi connectivity index (χ1v) is 26.0. The van der Waals surface area contributed by atoms with Crippen molar-refractivity contribution in [1.29, 1.82) is 0 Å². The number of aliphatic hydroxyl groups is 1. The minimum atomic E-state index is -4.89. The summed E-state index contributed by atoms with van der Waals surface area (Å²) in [5, 5.41) is 9.76. The monoisotopic (exact) mass is 962 g/mol.